The summed E-state index contributed by atoms with van der Waals surface area (Å²) in [6.45, 7) is 4.77. The van der Waals surface area contributed by atoms with Gasteiger partial charge >= 0.3 is 0 Å². The lowest BCUT2D eigenvalue weighted by atomic mass is 9.89. The zero-order valence-electron chi connectivity index (χ0n) is 24.1. The number of likely N-dealkylation sites (tertiary alicyclic amines) is 2. The van der Waals surface area contributed by atoms with E-state index in [0.29, 0.717) is 18.1 Å². The fourth-order valence-corrected chi connectivity index (χ4v) is 7.91. The SMILES string of the molecule is N[C@@H]1CCC[C@H]1N1CCC(Cc2ccc(Cl)cc2)CC1.O[C@@H]1CCC[C@H]1N1CCC(Cc2ccc(Cl)cc2)CC1. The monoisotopic (exact) mass is 585 g/mol. The van der Waals surface area contributed by atoms with Crippen LogP contribution in [0.3, 0.4) is 0 Å². The highest BCUT2D eigenvalue weighted by Gasteiger charge is 2.33. The summed E-state index contributed by atoms with van der Waals surface area (Å²) in [4.78, 5) is 5.17. The average molecular weight is 587 g/mol. The molecular formula is C34H49Cl2N3O. The Kier molecular flexibility index (Phi) is 11.3. The minimum Gasteiger partial charge on any atom is -0.391 e. The molecule has 2 saturated carbocycles. The summed E-state index contributed by atoms with van der Waals surface area (Å²) in [5, 5.41) is 11.7. The molecule has 2 aliphatic carbocycles. The second-order valence-corrected chi connectivity index (χ2v) is 13.7. The molecule has 220 valence electrons. The average Bonchev–Trinajstić information content (AvgIpc) is 3.60. The highest BCUT2D eigenvalue weighted by molar-refractivity contribution is 6.30. The first kappa shape index (κ1) is 30.3. The van der Waals surface area contributed by atoms with Crippen molar-refractivity contribution in [2.24, 2.45) is 17.6 Å². The van der Waals surface area contributed by atoms with Gasteiger partial charge in [0.15, 0.2) is 0 Å². The number of nitrogens with zero attached hydrogens (tertiary/aromatic N) is 2. The summed E-state index contributed by atoms with van der Waals surface area (Å²) < 4.78 is 0. The Balaban J connectivity index is 0.000000161. The molecular weight excluding hydrogens is 537 g/mol. The molecule has 3 N–H and O–H groups in total. The van der Waals surface area contributed by atoms with Crippen LogP contribution in [0.15, 0.2) is 48.5 Å². The van der Waals surface area contributed by atoms with E-state index in [-0.39, 0.29) is 6.10 Å². The van der Waals surface area contributed by atoms with E-state index >= 15 is 0 Å². The standard InChI is InChI=1S/C17H25ClN2.C17H24ClNO/c18-15-6-4-13(5-7-15)12-14-8-10-20(11-9-14)17-3-1-2-16(17)19;18-15-6-4-13(5-7-15)12-14-8-10-19(11-9-14)16-2-1-3-17(16)20/h4-7,14,16-17H,1-3,8-12,19H2;4-7,14,16-17,20H,1-3,8-12H2/t2*16-,17-/m11/s1. The molecule has 0 unspecified atom stereocenters. The van der Waals surface area contributed by atoms with Gasteiger partial charge in [-0.3, -0.25) is 9.80 Å². The van der Waals surface area contributed by atoms with E-state index in [0.717, 1.165) is 47.8 Å². The molecule has 2 aliphatic heterocycles. The third-order valence-electron chi connectivity index (χ3n) is 10.1. The van der Waals surface area contributed by atoms with Gasteiger partial charge in [-0.2, -0.15) is 0 Å². The first-order valence-electron chi connectivity index (χ1n) is 15.8. The van der Waals surface area contributed by atoms with Crippen molar-refractivity contribution in [1.29, 1.82) is 0 Å². The van der Waals surface area contributed by atoms with E-state index in [9.17, 15) is 5.11 Å². The highest BCUT2D eigenvalue weighted by Crippen LogP contribution is 2.31. The molecule has 0 amide bonds. The molecule has 6 heteroatoms. The maximum atomic E-state index is 10.0. The summed E-state index contributed by atoms with van der Waals surface area (Å²) in [7, 11) is 0. The van der Waals surface area contributed by atoms with Crippen LogP contribution in [0.2, 0.25) is 10.0 Å². The number of hydrogen-bond acceptors (Lipinski definition) is 4. The van der Waals surface area contributed by atoms with Crippen molar-refractivity contribution in [3.63, 3.8) is 0 Å². The smallest absolute Gasteiger partial charge is 0.0695 e. The largest absolute Gasteiger partial charge is 0.391 e. The van der Waals surface area contributed by atoms with Crippen molar-refractivity contribution in [3.8, 4) is 0 Å². The molecule has 0 bridgehead atoms. The minimum atomic E-state index is -0.0807. The van der Waals surface area contributed by atoms with Gasteiger partial charge in [-0.05, 0) is 144 Å². The fraction of sp³-hybridized carbons (Fsp3) is 0.647. The van der Waals surface area contributed by atoms with Gasteiger partial charge in [0, 0.05) is 28.2 Å². The van der Waals surface area contributed by atoms with E-state index in [1.807, 2.05) is 24.3 Å². The van der Waals surface area contributed by atoms with Crippen molar-refractivity contribution in [2.75, 3.05) is 26.2 Å². The molecule has 4 aliphatic rings. The van der Waals surface area contributed by atoms with Crippen LogP contribution in [0.4, 0.5) is 0 Å². The molecule has 0 spiro atoms. The number of aliphatic hydroxyl groups is 1. The van der Waals surface area contributed by atoms with Crippen molar-refractivity contribution in [2.45, 2.75) is 101 Å². The second kappa shape index (κ2) is 14.8. The summed E-state index contributed by atoms with van der Waals surface area (Å²) >= 11 is 11.9. The molecule has 2 aromatic rings. The van der Waals surface area contributed by atoms with Gasteiger partial charge < -0.3 is 10.8 Å². The van der Waals surface area contributed by atoms with Crippen LogP contribution >= 0.6 is 23.2 Å². The van der Waals surface area contributed by atoms with Gasteiger partial charge in [0.05, 0.1) is 6.10 Å². The van der Waals surface area contributed by atoms with Crippen LogP contribution in [-0.2, 0) is 12.8 Å². The molecule has 2 heterocycles. The number of nitrogens with two attached hydrogens (primary N) is 1. The van der Waals surface area contributed by atoms with Crippen molar-refractivity contribution >= 4 is 23.2 Å². The van der Waals surface area contributed by atoms with E-state index in [1.165, 1.54) is 88.4 Å². The Morgan fingerprint density at radius 2 is 1.02 bits per heavy atom. The Morgan fingerprint density at radius 1 is 0.600 bits per heavy atom. The van der Waals surface area contributed by atoms with Crippen LogP contribution in [0.1, 0.15) is 75.3 Å². The normalized spacial score (nSPS) is 28.9. The molecule has 40 heavy (non-hydrogen) atoms. The molecule has 4 nitrogen and oxygen atoms in total. The van der Waals surface area contributed by atoms with Crippen LogP contribution in [0.5, 0.6) is 0 Å². The summed E-state index contributed by atoms with van der Waals surface area (Å²) in [5.41, 5.74) is 9.05. The van der Waals surface area contributed by atoms with Crippen molar-refractivity contribution < 1.29 is 5.11 Å². The fourth-order valence-electron chi connectivity index (χ4n) is 7.65. The third-order valence-corrected chi connectivity index (χ3v) is 10.6. The molecule has 4 fully saturated rings. The maximum Gasteiger partial charge on any atom is 0.0695 e. The van der Waals surface area contributed by atoms with Gasteiger partial charge in [0.1, 0.15) is 0 Å². The molecule has 6 rings (SSSR count). The zero-order valence-corrected chi connectivity index (χ0v) is 25.6. The first-order valence-corrected chi connectivity index (χ1v) is 16.6. The number of hydrogen-bond donors (Lipinski definition) is 2. The number of benzene rings is 2. The van der Waals surface area contributed by atoms with E-state index in [2.05, 4.69) is 34.1 Å². The Labute approximate surface area is 252 Å². The predicted octanol–water partition coefficient (Wildman–Crippen LogP) is 6.98. The van der Waals surface area contributed by atoms with E-state index in [4.69, 9.17) is 28.9 Å². The predicted molar refractivity (Wildman–Crippen MR) is 168 cm³/mol. The third kappa shape index (κ3) is 8.46. The van der Waals surface area contributed by atoms with E-state index in [1.54, 1.807) is 0 Å². The van der Waals surface area contributed by atoms with Gasteiger partial charge in [-0.1, -0.05) is 53.9 Å². The lowest BCUT2D eigenvalue weighted by molar-refractivity contribution is 0.0482. The molecule has 4 atom stereocenters. The zero-order chi connectivity index (χ0) is 27.9. The highest BCUT2D eigenvalue weighted by atomic mass is 35.5. The van der Waals surface area contributed by atoms with Gasteiger partial charge in [-0.25, -0.2) is 0 Å². The van der Waals surface area contributed by atoms with E-state index < -0.39 is 0 Å². The summed E-state index contributed by atoms with van der Waals surface area (Å²) in [6.07, 6.45) is 14.6. The second-order valence-electron chi connectivity index (χ2n) is 12.8. The lowest BCUT2D eigenvalue weighted by Crippen LogP contribution is -2.48. The van der Waals surface area contributed by atoms with Gasteiger partial charge in [0.2, 0.25) is 0 Å². The van der Waals surface area contributed by atoms with Gasteiger partial charge in [0.25, 0.3) is 0 Å². The summed E-state index contributed by atoms with van der Waals surface area (Å²) in [6, 6.07) is 18.1. The minimum absolute atomic E-state index is 0.0807. The van der Waals surface area contributed by atoms with Crippen LogP contribution in [0, 0.1) is 11.8 Å². The molecule has 0 radical (unpaired) electrons. The number of aliphatic hydroxyl groups excluding tert-OH is 1. The van der Waals surface area contributed by atoms with Crippen LogP contribution < -0.4 is 5.73 Å². The molecule has 0 aromatic heterocycles. The lowest BCUT2D eigenvalue weighted by Gasteiger charge is -2.37. The Hall–Kier alpha value is -1.14. The van der Waals surface area contributed by atoms with Crippen molar-refractivity contribution in [3.05, 3.63) is 69.7 Å². The van der Waals surface area contributed by atoms with Crippen LogP contribution in [-0.4, -0.2) is 65.3 Å². The Bertz CT molecular complexity index is 933. The number of halogens is 2. The van der Waals surface area contributed by atoms with Crippen LogP contribution in [0.25, 0.3) is 0 Å². The van der Waals surface area contributed by atoms with Crippen molar-refractivity contribution in [1.82, 2.24) is 9.80 Å². The Morgan fingerprint density at radius 3 is 1.43 bits per heavy atom. The number of rotatable bonds is 6. The molecule has 2 aromatic carbocycles. The van der Waals surface area contributed by atoms with Gasteiger partial charge in [-0.15, -0.1) is 0 Å². The topological polar surface area (TPSA) is 52.7 Å². The number of piperidine rings is 2. The first-order chi connectivity index (χ1) is 19.4. The quantitative estimate of drug-likeness (QED) is 0.384. The maximum absolute atomic E-state index is 10.0. The molecule has 2 saturated heterocycles. The summed E-state index contributed by atoms with van der Waals surface area (Å²) in [5.74, 6) is 1.61.